The molecule has 88 valence electrons. The minimum absolute atomic E-state index is 0.120. The Morgan fingerprint density at radius 1 is 1.25 bits per heavy atom. The lowest BCUT2D eigenvalue weighted by Crippen LogP contribution is -2.15. The second kappa shape index (κ2) is 6.79. The van der Waals surface area contributed by atoms with E-state index in [1.54, 1.807) is 6.92 Å². The first-order valence-corrected chi connectivity index (χ1v) is 4.58. The summed E-state index contributed by atoms with van der Waals surface area (Å²) in [6.07, 6.45) is 1.27. The molecule has 0 aromatic heterocycles. The molecule has 0 aliphatic carbocycles. The molecule has 0 fully saturated rings. The van der Waals surface area contributed by atoms with E-state index in [-0.39, 0.29) is 11.4 Å². The Labute approximate surface area is 98.4 Å². The summed E-state index contributed by atoms with van der Waals surface area (Å²) in [5.41, 5.74) is -0.331. The number of ether oxygens (including phenoxy) is 2. The zero-order chi connectivity index (χ0) is 12.7. The summed E-state index contributed by atoms with van der Waals surface area (Å²) in [4.78, 5) is 25.9. The van der Waals surface area contributed by atoms with Gasteiger partial charge in [0.25, 0.3) is 0 Å². The number of esters is 2. The highest BCUT2D eigenvalue weighted by Crippen LogP contribution is 2.04. The highest BCUT2D eigenvalue weighted by atomic mass is 35.5. The number of carbonyl (C=O) groups excluding carboxylic acids is 2. The van der Waals surface area contributed by atoms with Gasteiger partial charge in [0.2, 0.25) is 0 Å². The van der Waals surface area contributed by atoms with Gasteiger partial charge in [-0.15, -0.1) is 0 Å². The van der Waals surface area contributed by atoms with Gasteiger partial charge in [0.05, 0.1) is 14.2 Å². The van der Waals surface area contributed by atoms with Gasteiger partial charge in [-0.1, -0.05) is 18.2 Å². The molecule has 0 N–H and O–H groups in total. The molecule has 0 bridgehead atoms. The van der Waals surface area contributed by atoms with Crippen LogP contribution in [0.5, 0.6) is 0 Å². The van der Waals surface area contributed by atoms with Gasteiger partial charge in [-0.25, -0.2) is 14.6 Å². The van der Waals surface area contributed by atoms with Crippen LogP contribution in [0.25, 0.3) is 0 Å². The van der Waals surface area contributed by atoms with Gasteiger partial charge in [0.15, 0.2) is 0 Å². The third-order valence-electron chi connectivity index (χ3n) is 1.41. The predicted octanol–water partition coefficient (Wildman–Crippen LogP) is 1.43. The molecule has 0 spiro atoms. The number of methoxy groups -OCH3 is 2. The van der Waals surface area contributed by atoms with Crippen molar-refractivity contribution in [2.45, 2.75) is 6.92 Å². The van der Waals surface area contributed by atoms with Gasteiger partial charge in [-0.2, -0.15) is 0 Å². The summed E-state index contributed by atoms with van der Waals surface area (Å²) in [6.45, 7) is 4.90. The molecule has 0 aliphatic heterocycles. The highest BCUT2D eigenvalue weighted by molar-refractivity contribution is 6.44. The number of halogens is 1. The van der Waals surface area contributed by atoms with Gasteiger partial charge in [-0.3, -0.25) is 0 Å². The number of allylic oxidation sites excluding steroid dienone is 1. The third-order valence-corrected chi connectivity index (χ3v) is 1.52. The van der Waals surface area contributed by atoms with Crippen LogP contribution in [-0.2, 0) is 19.1 Å². The van der Waals surface area contributed by atoms with Gasteiger partial charge in [-0.05, 0) is 13.0 Å². The Bertz CT molecular complexity index is 367. The Kier molecular flexibility index (Phi) is 6.10. The molecule has 0 aliphatic rings. The van der Waals surface area contributed by atoms with Crippen LogP contribution < -0.4 is 0 Å². The molecule has 0 rings (SSSR count). The van der Waals surface area contributed by atoms with Gasteiger partial charge < -0.3 is 9.47 Å². The van der Waals surface area contributed by atoms with Crippen molar-refractivity contribution in [2.24, 2.45) is 4.99 Å². The minimum Gasteiger partial charge on any atom is -0.464 e. The number of hydrogen-bond donors (Lipinski definition) is 0. The molecule has 0 amide bonds. The van der Waals surface area contributed by atoms with Crippen LogP contribution in [-0.4, -0.2) is 31.9 Å². The van der Waals surface area contributed by atoms with E-state index in [9.17, 15) is 9.59 Å². The summed E-state index contributed by atoms with van der Waals surface area (Å²) in [7, 11) is 2.37. The zero-order valence-corrected chi connectivity index (χ0v) is 10.00. The van der Waals surface area contributed by atoms with E-state index in [1.807, 2.05) is 0 Å². The number of aliphatic imine (C=N–C) groups is 1. The molecule has 0 saturated heterocycles. The van der Waals surface area contributed by atoms with E-state index in [1.165, 1.54) is 20.3 Å². The van der Waals surface area contributed by atoms with Crippen molar-refractivity contribution < 1.29 is 19.1 Å². The monoisotopic (exact) mass is 245 g/mol. The Morgan fingerprint density at radius 2 is 1.75 bits per heavy atom. The molecule has 0 aromatic rings. The number of hydrogen-bond acceptors (Lipinski definition) is 5. The highest BCUT2D eigenvalue weighted by Gasteiger charge is 2.13. The molecule has 0 aromatic carbocycles. The Balaban J connectivity index is 5.12. The SMILES string of the molecule is C=C(/N=C(\C=C(/C)Cl)C(=O)OC)C(=O)OC. The lowest BCUT2D eigenvalue weighted by Gasteiger charge is -2.01. The Hall–Kier alpha value is -1.62. The van der Waals surface area contributed by atoms with E-state index in [4.69, 9.17) is 11.6 Å². The summed E-state index contributed by atoms with van der Waals surface area (Å²) in [6, 6.07) is 0. The second-order valence-corrected chi connectivity index (χ2v) is 3.25. The fourth-order valence-corrected chi connectivity index (χ4v) is 0.842. The molecule has 0 radical (unpaired) electrons. The predicted molar refractivity (Wildman–Crippen MR) is 60.2 cm³/mol. The number of rotatable bonds is 4. The van der Waals surface area contributed by atoms with E-state index in [0.29, 0.717) is 5.03 Å². The molecular weight excluding hydrogens is 234 g/mol. The van der Waals surface area contributed by atoms with Crippen molar-refractivity contribution in [2.75, 3.05) is 14.2 Å². The first-order chi connectivity index (χ1) is 7.42. The second-order valence-electron chi connectivity index (χ2n) is 2.66. The van der Waals surface area contributed by atoms with Crippen molar-refractivity contribution in [3.63, 3.8) is 0 Å². The molecule has 0 saturated carbocycles. The summed E-state index contributed by atoms with van der Waals surface area (Å²) >= 11 is 5.60. The molecule has 0 atom stereocenters. The third kappa shape index (κ3) is 4.75. The number of nitrogens with zero attached hydrogens (tertiary/aromatic N) is 1. The summed E-state index contributed by atoms with van der Waals surface area (Å²) in [5, 5.41) is 0.321. The first kappa shape index (κ1) is 14.4. The molecule has 0 heterocycles. The summed E-state index contributed by atoms with van der Waals surface area (Å²) in [5.74, 6) is -1.45. The van der Waals surface area contributed by atoms with Crippen LogP contribution in [0.15, 0.2) is 28.4 Å². The smallest absolute Gasteiger partial charge is 0.356 e. The zero-order valence-electron chi connectivity index (χ0n) is 9.24. The van der Waals surface area contributed by atoms with E-state index in [0.717, 1.165) is 0 Å². The van der Waals surface area contributed by atoms with Gasteiger partial charge in [0.1, 0.15) is 11.4 Å². The first-order valence-electron chi connectivity index (χ1n) is 4.20. The Morgan fingerprint density at radius 3 is 2.12 bits per heavy atom. The minimum atomic E-state index is -0.734. The molecule has 16 heavy (non-hydrogen) atoms. The van der Waals surface area contributed by atoms with E-state index >= 15 is 0 Å². The van der Waals surface area contributed by atoms with Crippen LogP contribution in [0.1, 0.15) is 6.92 Å². The number of carbonyl (C=O) groups is 2. The van der Waals surface area contributed by atoms with Crippen molar-refractivity contribution >= 4 is 29.3 Å². The maximum absolute atomic E-state index is 11.2. The van der Waals surface area contributed by atoms with Crippen molar-refractivity contribution in [1.29, 1.82) is 0 Å². The van der Waals surface area contributed by atoms with Crippen LogP contribution in [0.4, 0.5) is 0 Å². The normalized spacial score (nSPS) is 12.0. The van der Waals surface area contributed by atoms with Crippen LogP contribution in [0.3, 0.4) is 0 Å². The topological polar surface area (TPSA) is 65.0 Å². The maximum atomic E-state index is 11.2. The molecular formula is C10H12ClNO4. The lowest BCUT2D eigenvalue weighted by atomic mass is 10.3. The average Bonchev–Trinajstić information content (AvgIpc) is 2.25. The average molecular weight is 246 g/mol. The standard InChI is InChI=1S/C10H12ClNO4/c1-6(11)5-8(10(14)16-4)12-7(2)9(13)15-3/h5H,2H2,1,3-4H3/b6-5+,12-8+. The summed E-state index contributed by atoms with van der Waals surface area (Å²) < 4.78 is 8.84. The molecule has 6 heteroatoms. The fourth-order valence-electron chi connectivity index (χ4n) is 0.739. The molecule has 0 unspecified atom stereocenters. The lowest BCUT2D eigenvalue weighted by molar-refractivity contribution is -0.136. The van der Waals surface area contributed by atoms with Crippen LogP contribution in [0.2, 0.25) is 0 Å². The van der Waals surface area contributed by atoms with Gasteiger partial charge in [0, 0.05) is 5.03 Å². The van der Waals surface area contributed by atoms with Crippen molar-refractivity contribution in [1.82, 2.24) is 0 Å². The van der Waals surface area contributed by atoms with Crippen LogP contribution >= 0.6 is 11.6 Å². The molecule has 5 nitrogen and oxygen atoms in total. The van der Waals surface area contributed by atoms with E-state index < -0.39 is 11.9 Å². The van der Waals surface area contributed by atoms with Gasteiger partial charge >= 0.3 is 11.9 Å². The quantitative estimate of drug-likeness (QED) is 0.427. The van der Waals surface area contributed by atoms with Crippen LogP contribution in [0, 0.1) is 0 Å². The maximum Gasteiger partial charge on any atom is 0.356 e. The largest absolute Gasteiger partial charge is 0.464 e. The van der Waals surface area contributed by atoms with Crippen molar-refractivity contribution in [3.05, 3.63) is 23.4 Å². The fraction of sp³-hybridized carbons (Fsp3) is 0.300. The van der Waals surface area contributed by atoms with E-state index in [2.05, 4.69) is 21.0 Å². The van der Waals surface area contributed by atoms with Crippen molar-refractivity contribution in [3.8, 4) is 0 Å².